The standard InChI is InChI=1S/C36H45FN6O2Si/c1-23-14-25(16-26-20-42(6)11-10-28(23)26)36-30-18-29(35-24(2)15-27(17-31(35)37)39-34(44)21-41(4)5)32(38-3)19-33(30)43(40-36)22-45-12-13-46(7,8)9/h14-19H,10-13,20-22H2,1-2,4-9H3,(H,39,44). The van der Waals surface area contributed by atoms with E-state index in [2.05, 4.69) is 60.8 Å². The zero-order valence-electron chi connectivity index (χ0n) is 28.3. The first-order chi connectivity index (χ1) is 21.7. The third-order valence-electron chi connectivity index (χ3n) is 8.52. The maximum Gasteiger partial charge on any atom is 0.238 e. The molecule has 0 saturated carbocycles. The van der Waals surface area contributed by atoms with Crippen molar-refractivity contribution in [2.75, 3.05) is 46.2 Å². The van der Waals surface area contributed by atoms with Gasteiger partial charge in [-0.05, 0) is 106 Å². The topological polar surface area (TPSA) is 67.0 Å². The number of likely N-dealkylation sites (N-methyl/N-ethyl adjacent to an activating group) is 2. The van der Waals surface area contributed by atoms with Gasteiger partial charge in [-0.25, -0.2) is 13.9 Å². The molecular formula is C36H45FN6O2Si. The smallest absolute Gasteiger partial charge is 0.238 e. The van der Waals surface area contributed by atoms with E-state index >= 15 is 4.39 Å². The molecule has 0 aliphatic carbocycles. The number of nitrogens with zero attached hydrogens (tertiary/aromatic N) is 5. The van der Waals surface area contributed by atoms with E-state index in [9.17, 15) is 4.79 Å². The van der Waals surface area contributed by atoms with Crippen molar-refractivity contribution in [2.45, 2.75) is 59.2 Å². The van der Waals surface area contributed by atoms with Gasteiger partial charge in [0.15, 0.2) is 5.69 Å². The number of benzene rings is 3. The molecule has 1 aliphatic rings. The quantitative estimate of drug-likeness (QED) is 0.111. The number of carbonyl (C=O) groups is 1. The first-order valence-electron chi connectivity index (χ1n) is 15.8. The van der Waals surface area contributed by atoms with Crippen molar-refractivity contribution in [3.05, 3.63) is 75.9 Å². The predicted octanol–water partition coefficient (Wildman–Crippen LogP) is 7.48. The molecule has 8 nitrogen and oxygen atoms in total. The number of hydrogen-bond acceptors (Lipinski definition) is 5. The van der Waals surface area contributed by atoms with Gasteiger partial charge in [-0.3, -0.25) is 4.79 Å². The van der Waals surface area contributed by atoms with Crippen LogP contribution in [-0.4, -0.2) is 74.4 Å². The molecule has 0 atom stereocenters. The Labute approximate surface area is 273 Å². The van der Waals surface area contributed by atoms with E-state index < -0.39 is 13.9 Å². The molecular weight excluding hydrogens is 596 g/mol. The number of amides is 1. The molecule has 5 rings (SSSR count). The Hall–Kier alpha value is -3.88. The molecule has 46 heavy (non-hydrogen) atoms. The lowest BCUT2D eigenvalue weighted by atomic mass is 9.91. The van der Waals surface area contributed by atoms with Crippen LogP contribution in [0.15, 0.2) is 36.4 Å². The fourth-order valence-corrected chi connectivity index (χ4v) is 6.94. The van der Waals surface area contributed by atoms with Gasteiger partial charge in [0.25, 0.3) is 0 Å². The van der Waals surface area contributed by atoms with Gasteiger partial charge in [-0.1, -0.05) is 25.7 Å². The summed E-state index contributed by atoms with van der Waals surface area (Å²) in [5, 5.41) is 8.69. The minimum atomic E-state index is -1.27. The van der Waals surface area contributed by atoms with E-state index in [1.54, 1.807) is 38.1 Å². The Morgan fingerprint density at radius 1 is 1.13 bits per heavy atom. The van der Waals surface area contributed by atoms with Gasteiger partial charge in [-0.15, -0.1) is 0 Å². The Bertz CT molecular complexity index is 1810. The predicted molar refractivity (Wildman–Crippen MR) is 188 cm³/mol. The van der Waals surface area contributed by atoms with Gasteiger partial charge in [-0.2, -0.15) is 5.10 Å². The lowest BCUT2D eigenvalue weighted by Gasteiger charge is -2.27. The van der Waals surface area contributed by atoms with Gasteiger partial charge in [0, 0.05) is 50.0 Å². The Balaban J connectivity index is 1.64. The van der Waals surface area contributed by atoms with Crippen LogP contribution >= 0.6 is 0 Å². The van der Waals surface area contributed by atoms with Crippen LogP contribution < -0.4 is 5.32 Å². The number of aryl methyl sites for hydroxylation is 2. The maximum absolute atomic E-state index is 15.9. The second-order valence-corrected chi connectivity index (χ2v) is 19.7. The monoisotopic (exact) mass is 640 g/mol. The molecule has 10 heteroatoms. The number of hydrogen-bond donors (Lipinski definition) is 1. The van der Waals surface area contributed by atoms with Crippen molar-refractivity contribution >= 4 is 36.3 Å². The van der Waals surface area contributed by atoms with Crippen molar-refractivity contribution in [2.24, 2.45) is 0 Å². The molecule has 2 heterocycles. The highest BCUT2D eigenvalue weighted by Crippen LogP contribution is 2.42. The van der Waals surface area contributed by atoms with Crippen LogP contribution in [0.5, 0.6) is 0 Å². The third kappa shape index (κ3) is 7.39. The van der Waals surface area contributed by atoms with Gasteiger partial charge in [0.2, 0.25) is 5.91 Å². The highest BCUT2D eigenvalue weighted by molar-refractivity contribution is 6.76. The van der Waals surface area contributed by atoms with Crippen molar-refractivity contribution < 1.29 is 13.9 Å². The van der Waals surface area contributed by atoms with Gasteiger partial charge in [0.1, 0.15) is 18.2 Å². The molecule has 0 fully saturated rings. The number of aromatic nitrogens is 2. The van der Waals surface area contributed by atoms with E-state index in [1.807, 2.05) is 10.7 Å². The minimum Gasteiger partial charge on any atom is -0.360 e. The Kier molecular flexibility index (Phi) is 9.80. The fraction of sp³-hybridized carbons (Fsp3) is 0.417. The molecule has 4 aromatic rings. The van der Waals surface area contributed by atoms with E-state index in [-0.39, 0.29) is 19.2 Å². The van der Waals surface area contributed by atoms with Crippen molar-refractivity contribution in [3.8, 4) is 22.4 Å². The van der Waals surface area contributed by atoms with E-state index in [4.69, 9.17) is 16.4 Å². The number of anilines is 1. The summed E-state index contributed by atoms with van der Waals surface area (Å²) >= 11 is 0. The highest BCUT2D eigenvalue weighted by atomic mass is 28.3. The summed E-state index contributed by atoms with van der Waals surface area (Å²) in [5.41, 5.74) is 8.66. The molecule has 1 aliphatic heterocycles. The van der Waals surface area contributed by atoms with Crippen molar-refractivity contribution in [1.29, 1.82) is 0 Å². The molecule has 1 N–H and O–H groups in total. The third-order valence-corrected chi connectivity index (χ3v) is 10.2. The molecule has 1 amide bonds. The number of fused-ring (bicyclic) bond motifs is 2. The lowest BCUT2D eigenvalue weighted by Crippen LogP contribution is -2.27. The molecule has 0 unspecified atom stereocenters. The van der Waals surface area contributed by atoms with Crippen molar-refractivity contribution in [3.63, 3.8) is 0 Å². The van der Waals surface area contributed by atoms with Crippen molar-refractivity contribution in [1.82, 2.24) is 19.6 Å². The first-order valence-corrected chi connectivity index (χ1v) is 19.5. The summed E-state index contributed by atoms with van der Waals surface area (Å²) in [6, 6.07) is 12.3. The number of carbonyl (C=O) groups excluding carboxylic acids is 1. The maximum atomic E-state index is 15.9. The van der Waals surface area contributed by atoms with Crippen LogP contribution in [0, 0.1) is 26.2 Å². The Morgan fingerprint density at radius 3 is 2.57 bits per heavy atom. The summed E-state index contributed by atoms with van der Waals surface area (Å²) in [7, 11) is 4.47. The molecule has 242 valence electrons. The number of halogens is 1. The van der Waals surface area contributed by atoms with Crippen LogP contribution in [0.25, 0.3) is 38.1 Å². The zero-order valence-corrected chi connectivity index (χ0v) is 29.3. The molecule has 0 spiro atoms. The van der Waals surface area contributed by atoms with E-state index in [0.29, 0.717) is 34.7 Å². The number of ether oxygens (including phenoxy) is 1. The van der Waals surface area contributed by atoms with Crippen LogP contribution in [0.1, 0.15) is 22.3 Å². The highest BCUT2D eigenvalue weighted by Gasteiger charge is 2.23. The fourth-order valence-electron chi connectivity index (χ4n) is 6.19. The zero-order chi connectivity index (χ0) is 33.3. The second kappa shape index (κ2) is 13.5. The summed E-state index contributed by atoms with van der Waals surface area (Å²) in [6.07, 6.45) is 1.01. The van der Waals surface area contributed by atoms with Gasteiger partial charge in [0.05, 0.1) is 18.6 Å². The minimum absolute atomic E-state index is 0.189. The normalized spacial score (nSPS) is 13.7. The molecule has 0 saturated heterocycles. The van der Waals surface area contributed by atoms with Crippen LogP contribution in [0.4, 0.5) is 15.8 Å². The molecule has 3 aromatic carbocycles. The average molecular weight is 641 g/mol. The number of nitrogens with one attached hydrogen (secondary N) is 1. The average Bonchev–Trinajstić information content (AvgIpc) is 3.30. The van der Waals surface area contributed by atoms with Gasteiger partial charge >= 0.3 is 0 Å². The van der Waals surface area contributed by atoms with Gasteiger partial charge < -0.3 is 19.9 Å². The van der Waals surface area contributed by atoms with E-state index in [1.165, 1.54) is 22.8 Å². The summed E-state index contributed by atoms with van der Waals surface area (Å²) in [6.45, 7) is 22.0. The second-order valence-electron chi connectivity index (χ2n) is 14.0. The molecule has 1 aromatic heterocycles. The Morgan fingerprint density at radius 2 is 1.89 bits per heavy atom. The van der Waals surface area contributed by atoms with E-state index in [0.717, 1.165) is 47.7 Å². The molecule has 0 bridgehead atoms. The summed E-state index contributed by atoms with van der Waals surface area (Å²) < 4.78 is 23.9. The van der Waals surface area contributed by atoms with Crippen LogP contribution in [0.3, 0.4) is 0 Å². The first kappa shape index (κ1) is 33.5. The largest absolute Gasteiger partial charge is 0.360 e. The number of rotatable bonds is 10. The SMILES string of the molecule is [C-]#[N+]c1cc2c(cc1-c1c(C)cc(NC(=O)CN(C)C)cc1F)c(-c1cc(C)c3c(c1)CN(C)CC3)nn2COCC[Si](C)(C)C. The molecule has 0 radical (unpaired) electrons. The summed E-state index contributed by atoms with van der Waals surface area (Å²) in [4.78, 5) is 20.3. The summed E-state index contributed by atoms with van der Waals surface area (Å²) in [5.74, 6) is -0.726. The van der Waals surface area contributed by atoms with Crippen LogP contribution in [-0.2, 0) is 29.2 Å². The lowest BCUT2D eigenvalue weighted by molar-refractivity contribution is -0.116. The van der Waals surface area contributed by atoms with Crippen LogP contribution in [0.2, 0.25) is 25.7 Å².